The molecule has 0 fully saturated rings. The number of amides is 1. The van der Waals surface area contributed by atoms with Crippen LogP contribution in [0.15, 0.2) is 24.3 Å². The van der Waals surface area contributed by atoms with E-state index in [1.165, 1.54) is 0 Å². The minimum absolute atomic E-state index is 0.00862. The fourth-order valence-electron chi connectivity index (χ4n) is 1.81. The zero-order valence-electron chi connectivity index (χ0n) is 11.1. The van der Waals surface area contributed by atoms with Gasteiger partial charge < -0.3 is 15.5 Å². The Bertz CT molecular complexity index is 423. The second kappa shape index (κ2) is 7.48. The van der Waals surface area contributed by atoms with Gasteiger partial charge in [-0.05, 0) is 18.4 Å². The Kier molecular flexibility index (Phi) is 6.28. The highest BCUT2D eigenvalue weighted by Gasteiger charge is 2.23. The van der Waals surface area contributed by atoms with Crippen molar-refractivity contribution in [2.75, 3.05) is 6.61 Å². The average molecular weight is 286 g/mol. The fraction of sp³-hybridized carbons (Fsp3) is 0.500. The van der Waals surface area contributed by atoms with Crippen molar-refractivity contribution in [2.45, 2.75) is 32.4 Å². The second-order valence-electron chi connectivity index (χ2n) is 4.80. The number of carbonyl (C=O) groups is 1. The van der Waals surface area contributed by atoms with Crippen LogP contribution in [-0.4, -0.2) is 28.8 Å². The zero-order chi connectivity index (χ0) is 14.4. The van der Waals surface area contributed by atoms with Gasteiger partial charge in [0.25, 0.3) is 5.91 Å². The van der Waals surface area contributed by atoms with Crippen LogP contribution in [0.2, 0.25) is 5.02 Å². The molecule has 2 atom stereocenters. The molecule has 1 amide bonds. The van der Waals surface area contributed by atoms with Gasteiger partial charge in [-0.25, -0.2) is 0 Å². The standard InChI is InChI=1S/C14H20ClNO3/c1-9(2)12(7-8-17)16-14(19)13(18)10-5-3-4-6-11(10)15/h3-6,9,12-13,17-18H,7-8H2,1-2H3,(H,16,19)/t12?,13-/m1/s1. The first kappa shape index (κ1) is 16.0. The van der Waals surface area contributed by atoms with Gasteiger partial charge in [0.05, 0.1) is 0 Å². The molecule has 0 radical (unpaired) electrons. The van der Waals surface area contributed by atoms with Crippen LogP contribution in [0.25, 0.3) is 0 Å². The summed E-state index contributed by atoms with van der Waals surface area (Å²) in [6.07, 6.45) is -0.841. The molecule has 4 nitrogen and oxygen atoms in total. The Balaban J connectivity index is 2.74. The largest absolute Gasteiger partial charge is 0.396 e. The molecule has 0 spiro atoms. The molecule has 0 heterocycles. The predicted molar refractivity (Wildman–Crippen MR) is 74.9 cm³/mol. The number of rotatable bonds is 6. The maximum absolute atomic E-state index is 12.0. The third-order valence-corrected chi connectivity index (χ3v) is 3.36. The smallest absolute Gasteiger partial charge is 0.253 e. The van der Waals surface area contributed by atoms with Gasteiger partial charge in [-0.1, -0.05) is 43.6 Å². The molecule has 0 aliphatic carbocycles. The summed E-state index contributed by atoms with van der Waals surface area (Å²) in [5.41, 5.74) is 0.383. The van der Waals surface area contributed by atoms with Crippen molar-refractivity contribution in [2.24, 2.45) is 5.92 Å². The van der Waals surface area contributed by atoms with E-state index in [0.717, 1.165) is 0 Å². The molecule has 19 heavy (non-hydrogen) atoms. The lowest BCUT2D eigenvalue weighted by Crippen LogP contribution is -2.41. The molecular weight excluding hydrogens is 266 g/mol. The van der Waals surface area contributed by atoms with Crippen molar-refractivity contribution in [3.8, 4) is 0 Å². The highest BCUT2D eigenvalue weighted by molar-refractivity contribution is 6.31. The van der Waals surface area contributed by atoms with E-state index in [-0.39, 0.29) is 18.6 Å². The van der Waals surface area contributed by atoms with Crippen LogP contribution >= 0.6 is 11.6 Å². The Morgan fingerprint density at radius 2 is 2.00 bits per heavy atom. The molecule has 1 aromatic rings. The molecule has 0 aromatic heterocycles. The van der Waals surface area contributed by atoms with E-state index in [2.05, 4.69) is 5.32 Å². The van der Waals surface area contributed by atoms with E-state index in [1.54, 1.807) is 24.3 Å². The van der Waals surface area contributed by atoms with E-state index in [0.29, 0.717) is 17.0 Å². The van der Waals surface area contributed by atoms with Crippen LogP contribution in [-0.2, 0) is 4.79 Å². The predicted octanol–water partition coefficient (Wildman–Crippen LogP) is 1.90. The molecule has 0 aliphatic heterocycles. The number of hydrogen-bond acceptors (Lipinski definition) is 3. The maximum Gasteiger partial charge on any atom is 0.253 e. The van der Waals surface area contributed by atoms with Crippen LogP contribution in [0, 0.1) is 5.92 Å². The van der Waals surface area contributed by atoms with Crippen LogP contribution in [0.3, 0.4) is 0 Å². The van der Waals surface area contributed by atoms with E-state index < -0.39 is 12.0 Å². The Morgan fingerprint density at radius 1 is 1.37 bits per heavy atom. The number of hydrogen-bond donors (Lipinski definition) is 3. The molecule has 0 saturated carbocycles. The minimum atomic E-state index is -1.30. The monoisotopic (exact) mass is 285 g/mol. The summed E-state index contributed by atoms with van der Waals surface area (Å²) in [4.78, 5) is 12.0. The number of nitrogens with one attached hydrogen (secondary N) is 1. The molecule has 1 unspecified atom stereocenters. The van der Waals surface area contributed by atoms with Gasteiger partial charge in [-0.15, -0.1) is 0 Å². The summed E-state index contributed by atoms with van der Waals surface area (Å²) < 4.78 is 0. The minimum Gasteiger partial charge on any atom is -0.396 e. The summed E-state index contributed by atoms with van der Waals surface area (Å²) in [5, 5.41) is 22.1. The van der Waals surface area contributed by atoms with Gasteiger partial charge in [-0.2, -0.15) is 0 Å². The number of aliphatic hydroxyl groups is 2. The van der Waals surface area contributed by atoms with Gasteiger partial charge in [0.2, 0.25) is 0 Å². The highest BCUT2D eigenvalue weighted by Crippen LogP contribution is 2.23. The summed E-state index contributed by atoms with van der Waals surface area (Å²) >= 11 is 5.94. The SMILES string of the molecule is CC(C)C(CCO)NC(=O)[C@H](O)c1ccccc1Cl. The van der Waals surface area contributed by atoms with Crippen molar-refractivity contribution < 1.29 is 15.0 Å². The average Bonchev–Trinajstić information content (AvgIpc) is 2.37. The van der Waals surface area contributed by atoms with Gasteiger partial charge in [0.1, 0.15) is 0 Å². The van der Waals surface area contributed by atoms with Gasteiger partial charge >= 0.3 is 0 Å². The topological polar surface area (TPSA) is 69.6 Å². The number of benzene rings is 1. The van der Waals surface area contributed by atoms with Crippen molar-refractivity contribution in [3.05, 3.63) is 34.9 Å². The lowest BCUT2D eigenvalue weighted by molar-refractivity contribution is -0.130. The molecule has 3 N–H and O–H groups in total. The van der Waals surface area contributed by atoms with Crippen LogP contribution in [0.4, 0.5) is 0 Å². The summed E-state index contributed by atoms with van der Waals surface area (Å²) in [7, 11) is 0. The van der Waals surface area contributed by atoms with E-state index >= 15 is 0 Å². The van der Waals surface area contributed by atoms with E-state index in [1.807, 2.05) is 13.8 Å². The summed E-state index contributed by atoms with van der Waals surface area (Å²) in [6, 6.07) is 6.52. The third kappa shape index (κ3) is 4.49. The van der Waals surface area contributed by atoms with Crippen molar-refractivity contribution >= 4 is 17.5 Å². The van der Waals surface area contributed by atoms with Crippen molar-refractivity contribution in [1.82, 2.24) is 5.32 Å². The molecule has 0 saturated heterocycles. The first-order chi connectivity index (χ1) is 8.97. The van der Waals surface area contributed by atoms with Crippen molar-refractivity contribution in [1.29, 1.82) is 0 Å². The summed E-state index contributed by atoms with van der Waals surface area (Å²) in [6.45, 7) is 3.89. The number of carbonyl (C=O) groups excluding carboxylic acids is 1. The lowest BCUT2D eigenvalue weighted by atomic mass is 10.0. The number of halogens is 1. The second-order valence-corrected chi connectivity index (χ2v) is 5.20. The molecule has 5 heteroatoms. The molecule has 1 aromatic carbocycles. The zero-order valence-corrected chi connectivity index (χ0v) is 11.9. The normalized spacial score (nSPS) is 14.2. The fourth-order valence-corrected chi connectivity index (χ4v) is 2.05. The van der Waals surface area contributed by atoms with Gasteiger partial charge in [-0.3, -0.25) is 4.79 Å². The highest BCUT2D eigenvalue weighted by atomic mass is 35.5. The Morgan fingerprint density at radius 3 is 2.53 bits per heavy atom. The van der Waals surface area contributed by atoms with E-state index in [4.69, 9.17) is 16.7 Å². The van der Waals surface area contributed by atoms with Crippen LogP contribution in [0.5, 0.6) is 0 Å². The maximum atomic E-state index is 12.0. The lowest BCUT2D eigenvalue weighted by Gasteiger charge is -2.23. The molecule has 106 valence electrons. The third-order valence-electron chi connectivity index (χ3n) is 3.02. The van der Waals surface area contributed by atoms with Crippen LogP contribution < -0.4 is 5.32 Å². The first-order valence-corrected chi connectivity index (χ1v) is 6.69. The summed E-state index contributed by atoms with van der Waals surface area (Å²) in [5.74, 6) is -0.324. The Hall–Kier alpha value is -1.10. The molecule has 1 rings (SSSR count). The quantitative estimate of drug-likeness (QED) is 0.748. The molecule has 0 aliphatic rings. The molecular formula is C14H20ClNO3. The van der Waals surface area contributed by atoms with Gasteiger partial charge in [0, 0.05) is 23.2 Å². The van der Waals surface area contributed by atoms with Crippen LogP contribution in [0.1, 0.15) is 31.9 Å². The van der Waals surface area contributed by atoms with Crippen molar-refractivity contribution in [3.63, 3.8) is 0 Å². The van der Waals surface area contributed by atoms with Gasteiger partial charge in [0.15, 0.2) is 6.10 Å². The first-order valence-electron chi connectivity index (χ1n) is 6.31. The molecule has 0 bridgehead atoms. The van der Waals surface area contributed by atoms with E-state index in [9.17, 15) is 9.90 Å². The number of aliphatic hydroxyl groups excluding tert-OH is 2. The Labute approximate surface area is 118 Å².